The van der Waals surface area contributed by atoms with Gasteiger partial charge in [0.05, 0.1) is 0 Å². The van der Waals surface area contributed by atoms with E-state index in [2.05, 4.69) is 26.0 Å². The van der Waals surface area contributed by atoms with Crippen molar-refractivity contribution in [2.75, 3.05) is 0 Å². The molecule has 1 nitrogen and oxygen atoms in total. The van der Waals surface area contributed by atoms with Gasteiger partial charge >= 0.3 is 0 Å². The summed E-state index contributed by atoms with van der Waals surface area (Å²) in [5, 5.41) is 0. The topological polar surface area (TPSA) is 9.23 Å². The van der Waals surface area contributed by atoms with E-state index in [-0.39, 0.29) is 5.82 Å². The van der Waals surface area contributed by atoms with Crippen LogP contribution in [0, 0.1) is 12.7 Å². The molecule has 0 aliphatic rings. The van der Waals surface area contributed by atoms with E-state index >= 15 is 0 Å². The Morgan fingerprint density at radius 2 is 1.80 bits per heavy atom. The average Bonchev–Trinajstić information content (AvgIpc) is 2.46. The van der Waals surface area contributed by atoms with Crippen LogP contribution in [0.4, 0.5) is 4.39 Å². The summed E-state index contributed by atoms with van der Waals surface area (Å²) in [6.07, 6.45) is 1.13. The number of ether oxygens (including phenoxy) is 1. The van der Waals surface area contributed by atoms with Gasteiger partial charge in [-0.3, -0.25) is 0 Å². The maximum Gasteiger partial charge on any atom is 0.123 e. The molecule has 0 aliphatic carbocycles. The standard InChI is InChI=1S/C18H21FO/c1-4-13(2)15-6-9-18(10-7-15)20-12-16-5-8-17(19)11-14(16)3/h5-11,13H,4,12H2,1-3H3. The number of benzene rings is 2. The van der Waals surface area contributed by atoms with Crippen LogP contribution in [0.3, 0.4) is 0 Å². The molecule has 0 saturated carbocycles. The molecule has 0 heterocycles. The highest BCUT2D eigenvalue weighted by Crippen LogP contribution is 2.22. The Morgan fingerprint density at radius 1 is 1.10 bits per heavy atom. The van der Waals surface area contributed by atoms with Crippen molar-refractivity contribution in [3.05, 3.63) is 65.0 Å². The van der Waals surface area contributed by atoms with Crippen LogP contribution in [-0.2, 0) is 6.61 Å². The van der Waals surface area contributed by atoms with Crippen LogP contribution in [0.2, 0.25) is 0 Å². The molecule has 1 unspecified atom stereocenters. The SMILES string of the molecule is CCC(C)c1ccc(OCc2ccc(F)cc2C)cc1. The van der Waals surface area contributed by atoms with Gasteiger partial charge in [0.15, 0.2) is 0 Å². The van der Waals surface area contributed by atoms with Crippen LogP contribution in [0.15, 0.2) is 42.5 Å². The molecule has 2 heteroatoms. The molecule has 2 aromatic rings. The largest absolute Gasteiger partial charge is 0.489 e. The van der Waals surface area contributed by atoms with Crippen LogP contribution < -0.4 is 4.74 Å². The first kappa shape index (κ1) is 14.6. The highest BCUT2D eigenvalue weighted by Gasteiger charge is 2.04. The van der Waals surface area contributed by atoms with Crippen molar-refractivity contribution in [2.45, 2.75) is 39.7 Å². The van der Waals surface area contributed by atoms with Crippen molar-refractivity contribution in [3.8, 4) is 5.75 Å². The van der Waals surface area contributed by atoms with Crippen LogP contribution in [0.5, 0.6) is 5.75 Å². The third kappa shape index (κ3) is 3.60. The van der Waals surface area contributed by atoms with Gasteiger partial charge in [0.2, 0.25) is 0 Å². The van der Waals surface area contributed by atoms with Gasteiger partial charge < -0.3 is 4.74 Å². The summed E-state index contributed by atoms with van der Waals surface area (Å²) in [7, 11) is 0. The minimum atomic E-state index is -0.204. The number of aryl methyl sites for hydroxylation is 1. The maximum absolute atomic E-state index is 13.0. The van der Waals surface area contributed by atoms with Crippen molar-refractivity contribution >= 4 is 0 Å². The third-order valence-corrected chi connectivity index (χ3v) is 3.76. The fourth-order valence-corrected chi connectivity index (χ4v) is 2.11. The second-order valence-electron chi connectivity index (χ2n) is 5.24. The molecule has 106 valence electrons. The maximum atomic E-state index is 13.0. The van der Waals surface area contributed by atoms with Gasteiger partial charge in [-0.25, -0.2) is 4.39 Å². The summed E-state index contributed by atoms with van der Waals surface area (Å²) in [6.45, 7) is 6.77. The molecule has 0 fully saturated rings. The second kappa shape index (κ2) is 6.56. The van der Waals surface area contributed by atoms with E-state index < -0.39 is 0 Å². The summed E-state index contributed by atoms with van der Waals surface area (Å²) in [4.78, 5) is 0. The first-order chi connectivity index (χ1) is 9.60. The van der Waals surface area contributed by atoms with Gasteiger partial charge in [0.25, 0.3) is 0 Å². The van der Waals surface area contributed by atoms with Gasteiger partial charge in [-0.2, -0.15) is 0 Å². The molecule has 20 heavy (non-hydrogen) atoms. The summed E-state index contributed by atoms with van der Waals surface area (Å²) in [5.41, 5.74) is 3.26. The van der Waals surface area contributed by atoms with Gasteiger partial charge in [-0.15, -0.1) is 0 Å². The number of hydrogen-bond acceptors (Lipinski definition) is 1. The quantitative estimate of drug-likeness (QED) is 0.724. The predicted octanol–water partition coefficient (Wildman–Crippen LogP) is 5.23. The lowest BCUT2D eigenvalue weighted by Crippen LogP contribution is -1.99. The predicted molar refractivity (Wildman–Crippen MR) is 80.6 cm³/mol. The lowest BCUT2D eigenvalue weighted by atomic mass is 9.99. The van der Waals surface area contributed by atoms with Gasteiger partial charge in [0.1, 0.15) is 18.2 Å². The highest BCUT2D eigenvalue weighted by molar-refractivity contribution is 5.30. The van der Waals surface area contributed by atoms with Crippen LogP contribution in [0.1, 0.15) is 42.9 Å². The Bertz CT molecular complexity index is 560. The first-order valence-corrected chi connectivity index (χ1v) is 7.08. The van der Waals surface area contributed by atoms with Crippen LogP contribution >= 0.6 is 0 Å². The highest BCUT2D eigenvalue weighted by atomic mass is 19.1. The van der Waals surface area contributed by atoms with Crippen molar-refractivity contribution in [1.82, 2.24) is 0 Å². The molecule has 0 saturated heterocycles. The second-order valence-corrected chi connectivity index (χ2v) is 5.24. The van der Waals surface area contributed by atoms with E-state index in [1.54, 1.807) is 6.07 Å². The molecule has 0 bridgehead atoms. The van der Waals surface area contributed by atoms with E-state index in [9.17, 15) is 4.39 Å². The zero-order valence-corrected chi connectivity index (χ0v) is 12.3. The molecular formula is C18H21FO. The van der Waals surface area contributed by atoms with Crippen molar-refractivity contribution in [2.24, 2.45) is 0 Å². The summed E-state index contributed by atoms with van der Waals surface area (Å²) < 4.78 is 18.8. The number of halogens is 1. The zero-order valence-electron chi connectivity index (χ0n) is 12.3. The van der Waals surface area contributed by atoms with Crippen molar-refractivity contribution in [3.63, 3.8) is 0 Å². The molecule has 0 radical (unpaired) electrons. The third-order valence-electron chi connectivity index (χ3n) is 3.76. The Kier molecular flexibility index (Phi) is 4.78. The molecular weight excluding hydrogens is 251 g/mol. The monoisotopic (exact) mass is 272 g/mol. The molecule has 0 aromatic heterocycles. The lowest BCUT2D eigenvalue weighted by molar-refractivity contribution is 0.305. The molecule has 0 N–H and O–H groups in total. The average molecular weight is 272 g/mol. The molecule has 2 rings (SSSR count). The minimum absolute atomic E-state index is 0.204. The Hall–Kier alpha value is -1.83. The Labute approximate surface area is 120 Å². The zero-order chi connectivity index (χ0) is 14.5. The summed E-state index contributed by atoms with van der Waals surface area (Å²) in [6, 6.07) is 13.0. The van der Waals surface area contributed by atoms with Crippen molar-refractivity contribution in [1.29, 1.82) is 0 Å². The van der Waals surface area contributed by atoms with E-state index in [0.29, 0.717) is 12.5 Å². The summed E-state index contributed by atoms with van der Waals surface area (Å²) >= 11 is 0. The van der Waals surface area contributed by atoms with Crippen molar-refractivity contribution < 1.29 is 9.13 Å². The smallest absolute Gasteiger partial charge is 0.123 e. The Morgan fingerprint density at radius 3 is 2.40 bits per heavy atom. The van der Waals surface area contributed by atoms with E-state index in [1.165, 1.54) is 17.7 Å². The molecule has 0 aliphatic heterocycles. The number of hydrogen-bond donors (Lipinski definition) is 0. The van der Waals surface area contributed by atoms with E-state index in [1.807, 2.05) is 19.1 Å². The number of rotatable bonds is 5. The molecule has 1 atom stereocenters. The normalized spacial score (nSPS) is 12.2. The molecule has 0 amide bonds. The van der Waals surface area contributed by atoms with Gasteiger partial charge in [0, 0.05) is 0 Å². The minimum Gasteiger partial charge on any atom is -0.489 e. The molecule has 0 spiro atoms. The van der Waals surface area contributed by atoms with E-state index in [0.717, 1.165) is 23.3 Å². The van der Waals surface area contributed by atoms with Gasteiger partial charge in [-0.1, -0.05) is 32.0 Å². The lowest BCUT2D eigenvalue weighted by Gasteiger charge is -2.11. The Balaban J connectivity index is 2.00. The fourth-order valence-electron chi connectivity index (χ4n) is 2.11. The summed E-state index contributed by atoms with van der Waals surface area (Å²) in [5.74, 6) is 1.22. The van der Waals surface area contributed by atoms with E-state index in [4.69, 9.17) is 4.74 Å². The van der Waals surface area contributed by atoms with Crippen LogP contribution in [0.25, 0.3) is 0 Å². The molecule has 2 aromatic carbocycles. The van der Waals surface area contributed by atoms with Crippen LogP contribution in [-0.4, -0.2) is 0 Å². The fraction of sp³-hybridized carbons (Fsp3) is 0.333. The first-order valence-electron chi connectivity index (χ1n) is 7.08. The van der Waals surface area contributed by atoms with Gasteiger partial charge in [-0.05, 0) is 60.2 Å².